The molecule has 0 bridgehead atoms. The van der Waals surface area contributed by atoms with Gasteiger partial charge < -0.3 is 29.3 Å². The molecule has 200 valence electrons. The molecule has 0 fully saturated rings. The molecule has 3 rings (SSSR count). The van der Waals surface area contributed by atoms with Gasteiger partial charge in [-0.15, -0.1) is 0 Å². The molecule has 0 aromatic heterocycles. The van der Waals surface area contributed by atoms with Crippen molar-refractivity contribution < 1.29 is 28.6 Å². The molecule has 3 aromatic carbocycles. The highest BCUT2D eigenvalue weighted by Crippen LogP contribution is 2.38. The fraction of sp³-hybridized carbons (Fsp3) is 0.276. The van der Waals surface area contributed by atoms with E-state index in [4.69, 9.17) is 19.0 Å². The van der Waals surface area contributed by atoms with Crippen LogP contribution in [-0.4, -0.2) is 66.2 Å². The van der Waals surface area contributed by atoms with E-state index < -0.39 is 17.9 Å². The van der Waals surface area contributed by atoms with Crippen molar-refractivity contribution in [3.05, 3.63) is 77.9 Å². The van der Waals surface area contributed by atoms with Crippen LogP contribution in [0.25, 0.3) is 11.1 Å². The lowest BCUT2D eigenvalue weighted by Gasteiger charge is -2.18. The third kappa shape index (κ3) is 6.61. The number of esters is 1. The number of rotatable bonds is 11. The quantitative estimate of drug-likeness (QED) is 0.234. The van der Waals surface area contributed by atoms with Gasteiger partial charge in [-0.25, -0.2) is 4.79 Å². The zero-order valence-electron chi connectivity index (χ0n) is 22.5. The van der Waals surface area contributed by atoms with E-state index >= 15 is 0 Å². The number of methoxy groups -OCH3 is 3. The summed E-state index contributed by atoms with van der Waals surface area (Å²) in [7, 11) is 9.70. The summed E-state index contributed by atoms with van der Waals surface area (Å²) in [6.07, 6.45) is 0.210. The van der Waals surface area contributed by atoms with Crippen molar-refractivity contribution in [2.24, 2.45) is 5.16 Å². The Morgan fingerprint density at radius 2 is 1.47 bits per heavy atom. The second kappa shape index (κ2) is 13.1. The lowest BCUT2D eigenvalue weighted by atomic mass is 9.99. The maximum absolute atomic E-state index is 13.2. The summed E-state index contributed by atoms with van der Waals surface area (Å²) in [5.41, 5.74) is 4.09. The average molecular weight is 520 g/mol. The smallest absolute Gasteiger partial charge is 0.328 e. The van der Waals surface area contributed by atoms with Crippen LogP contribution in [0.15, 0.2) is 71.9 Å². The Balaban J connectivity index is 1.83. The molecule has 38 heavy (non-hydrogen) atoms. The van der Waals surface area contributed by atoms with Crippen LogP contribution >= 0.6 is 0 Å². The summed E-state index contributed by atoms with van der Waals surface area (Å²) in [6, 6.07) is 19.5. The molecular formula is C29H33N3O6. The largest absolute Gasteiger partial charge is 0.496 e. The number of benzene rings is 3. The number of nitrogens with zero attached hydrogens (tertiary/aromatic N) is 2. The van der Waals surface area contributed by atoms with Crippen LogP contribution in [0.2, 0.25) is 0 Å². The first kappa shape index (κ1) is 28.0. The first-order chi connectivity index (χ1) is 18.3. The molecule has 0 radical (unpaired) electrons. The number of hydrogen-bond donors (Lipinski definition) is 1. The minimum Gasteiger partial charge on any atom is -0.496 e. The summed E-state index contributed by atoms with van der Waals surface area (Å²) < 4.78 is 16.0. The maximum atomic E-state index is 13.2. The summed E-state index contributed by atoms with van der Waals surface area (Å²) in [5, 5.41) is 6.65. The third-order valence-corrected chi connectivity index (χ3v) is 5.96. The molecule has 0 saturated heterocycles. The van der Waals surface area contributed by atoms with E-state index in [9.17, 15) is 9.59 Å². The maximum Gasteiger partial charge on any atom is 0.328 e. The van der Waals surface area contributed by atoms with Crippen molar-refractivity contribution in [1.82, 2.24) is 5.32 Å². The first-order valence-electron chi connectivity index (χ1n) is 11.9. The molecule has 1 amide bonds. The predicted molar refractivity (Wildman–Crippen MR) is 147 cm³/mol. The van der Waals surface area contributed by atoms with Gasteiger partial charge in [-0.2, -0.15) is 0 Å². The molecule has 1 N–H and O–H groups in total. The Morgan fingerprint density at radius 3 is 1.97 bits per heavy atom. The molecule has 0 aliphatic carbocycles. The molecule has 0 saturated carbocycles. The molecule has 9 nitrogen and oxygen atoms in total. The van der Waals surface area contributed by atoms with Crippen LogP contribution < -0.4 is 19.7 Å². The summed E-state index contributed by atoms with van der Waals surface area (Å²) >= 11 is 0. The molecule has 1 atom stereocenters. The zero-order chi connectivity index (χ0) is 27.7. The average Bonchev–Trinajstić information content (AvgIpc) is 2.95. The van der Waals surface area contributed by atoms with Gasteiger partial charge in [-0.3, -0.25) is 4.79 Å². The third-order valence-electron chi connectivity index (χ3n) is 5.96. The van der Waals surface area contributed by atoms with Gasteiger partial charge >= 0.3 is 5.97 Å². The number of oxime groups is 1. The highest BCUT2D eigenvalue weighted by Gasteiger charge is 2.26. The minimum absolute atomic E-state index is 0.0466. The van der Waals surface area contributed by atoms with Crippen molar-refractivity contribution >= 4 is 23.3 Å². The van der Waals surface area contributed by atoms with Crippen molar-refractivity contribution in [3.63, 3.8) is 0 Å². The van der Waals surface area contributed by atoms with Crippen LogP contribution in [0.3, 0.4) is 0 Å². The fourth-order valence-electron chi connectivity index (χ4n) is 3.98. The van der Waals surface area contributed by atoms with Gasteiger partial charge in [0.25, 0.3) is 5.91 Å². The number of carbonyl (C=O) groups excluding carboxylic acids is 2. The number of nitrogens with one attached hydrogen (secondary N) is 1. The first-order valence-corrected chi connectivity index (χ1v) is 11.9. The number of carbonyl (C=O) groups is 2. The lowest BCUT2D eigenvalue weighted by Crippen LogP contribution is -2.46. The number of ether oxygens (including phenoxy) is 3. The fourth-order valence-corrected chi connectivity index (χ4v) is 3.98. The predicted octanol–water partition coefficient (Wildman–Crippen LogP) is 3.69. The normalized spacial score (nSPS) is 11.8. The molecule has 9 heteroatoms. The van der Waals surface area contributed by atoms with Crippen molar-refractivity contribution in [3.8, 4) is 22.6 Å². The summed E-state index contributed by atoms with van der Waals surface area (Å²) in [5.74, 6) is 0.226. The van der Waals surface area contributed by atoms with Gasteiger partial charge in [0, 0.05) is 31.8 Å². The van der Waals surface area contributed by atoms with Gasteiger partial charge in [-0.05, 0) is 35.4 Å². The van der Waals surface area contributed by atoms with Crippen LogP contribution in [0.5, 0.6) is 11.5 Å². The van der Waals surface area contributed by atoms with Crippen molar-refractivity contribution in [1.29, 1.82) is 0 Å². The van der Waals surface area contributed by atoms with Crippen LogP contribution in [0, 0.1) is 0 Å². The van der Waals surface area contributed by atoms with Gasteiger partial charge in [0.1, 0.15) is 24.7 Å². The van der Waals surface area contributed by atoms with E-state index in [0.29, 0.717) is 17.1 Å². The zero-order valence-corrected chi connectivity index (χ0v) is 22.5. The number of hydrogen-bond acceptors (Lipinski definition) is 8. The van der Waals surface area contributed by atoms with E-state index in [-0.39, 0.29) is 12.1 Å². The standard InChI is InChI=1S/C29H33N3O6/c1-32(2)22-16-14-21(15-17-22)27(31-38-6)28(33)30-23(29(34)37-5)18-19-10-12-20(13-11-19)26-24(35-3)8-7-9-25(26)36-4/h7-17,23H,18H2,1-6H3,(H,30,33)/t23-/m0/s1. The Bertz CT molecular complexity index is 1250. The Labute approximate surface area is 222 Å². The SMILES string of the molecule is CON=C(C(=O)N[C@@H](Cc1ccc(-c2c(OC)cccc2OC)cc1)C(=O)OC)c1ccc(N(C)C)cc1. The van der Waals surface area contributed by atoms with Gasteiger partial charge in [-0.1, -0.05) is 47.6 Å². The number of amides is 1. The van der Waals surface area contributed by atoms with Gasteiger partial charge in [0.05, 0.1) is 26.9 Å². The van der Waals surface area contributed by atoms with E-state index in [1.807, 2.05) is 73.6 Å². The summed E-state index contributed by atoms with van der Waals surface area (Å²) in [6.45, 7) is 0. The summed E-state index contributed by atoms with van der Waals surface area (Å²) in [4.78, 5) is 32.6. The molecule has 3 aromatic rings. The lowest BCUT2D eigenvalue weighted by molar-refractivity contribution is -0.144. The highest BCUT2D eigenvalue weighted by molar-refractivity contribution is 6.45. The van der Waals surface area contributed by atoms with Gasteiger partial charge in [0.2, 0.25) is 0 Å². The highest BCUT2D eigenvalue weighted by atomic mass is 16.6. The monoisotopic (exact) mass is 519 g/mol. The molecule has 0 heterocycles. The van der Waals surface area contributed by atoms with E-state index in [0.717, 1.165) is 22.4 Å². The Morgan fingerprint density at radius 1 is 0.868 bits per heavy atom. The molecule has 0 aliphatic heterocycles. The molecule has 0 aliphatic rings. The molecule has 0 spiro atoms. The molecule has 0 unspecified atom stereocenters. The van der Waals surface area contributed by atoms with E-state index in [2.05, 4.69) is 10.5 Å². The Hall–Kier alpha value is -4.53. The molecular weight excluding hydrogens is 486 g/mol. The number of anilines is 1. The second-order valence-corrected chi connectivity index (χ2v) is 8.55. The minimum atomic E-state index is -0.942. The Kier molecular flexibility index (Phi) is 9.70. The van der Waals surface area contributed by atoms with Crippen LogP contribution in [-0.2, 0) is 25.6 Å². The van der Waals surface area contributed by atoms with Crippen molar-refractivity contribution in [2.45, 2.75) is 12.5 Å². The van der Waals surface area contributed by atoms with E-state index in [1.165, 1.54) is 14.2 Å². The van der Waals surface area contributed by atoms with E-state index in [1.54, 1.807) is 26.4 Å². The van der Waals surface area contributed by atoms with Crippen LogP contribution in [0.1, 0.15) is 11.1 Å². The van der Waals surface area contributed by atoms with Crippen LogP contribution in [0.4, 0.5) is 5.69 Å². The van der Waals surface area contributed by atoms with Crippen molar-refractivity contribution in [2.75, 3.05) is 47.4 Å². The topological polar surface area (TPSA) is 98.7 Å². The second-order valence-electron chi connectivity index (χ2n) is 8.55. The van der Waals surface area contributed by atoms with Gasteiger partial charge in [0.15, 0.2) is 5.71 Å².